The molecule has 6 nitrogen and oxygen atoms in total. The molecule has 2 amide bonds. The molecule has 3 heterocycles. The van der Waals surface area contributed by atoms with Crippen molar-refractivity contribution in [2.75, 3.05) is 59.0 Å². The maximum absolute atomic E-state index is 12.8. The van der Waals surface area contributed by atoms with E-state index in [1.54, 1.807) is 0 Å². The second-order valence-corrected chi connectivity index (χ2v) is 9.29. The number of amides is 2. The number of carbonyl (C=O) groups is 2. The van der Waals surface area contributed by atoms with Crippen molar-refractivity contribution >= 4 is 11.8 Å². The van der Waals surface area contributed by atoms with Gasteiger partial charge in [0.1, 0.15) is 0 Å². The van der Waals surface area contributed by atoms with Crippen LogP contribution in [0.2, 0.25) is 0 Å². The zero-order valence-electron chi connectivity index (χ0n) is 17.3. The lowest BCUT2D eigenvalue weighted by Gasteiger charge is -2.43. The molecular formula is C22H37N3O3. The molecule has 158 valence electrons. The predicted octanol–water partition coefficient (Wildman–Crippen LogP) is 1.99. The number of hydrogen-bond acceptors (Lipinski definition) is 4. The van der Waals surface area contributed by atoms with Gasteiger partial charge in [-0.1, -0.05) is 19.3 Å². The topological polar surface area (TPSA) is 53.1 Å². The molecule has 0 spiro atoms. The average molecular weight is 392 g/mol. The summed E-state index contributed by atoms with van der Waals surface area (Å²) in [6.45, 7) is 8.16. The third kappa shape index (κ3) is 4.88. The lowest BCUT2D eigenvalue weighted by molar-refractivity contribution is -0.152. The highest BCUT2D eigenvalue weighted by Crippen LogP contribution is 2.30. The first-order valence-electron chi connectivity index (χ1n) is 11.6. The van der Waals surface area contributed by atoms with Gasteiger partial charge in [-0.15, -0.1) is 0 Å². The normalized spacial score (nSPS) is 26.3. The molecule has 1 saturated carbocycles. The van der Waals surface area contributed by atoms with Gasteiger partial charge in [-0.05, 0) is 44.6 Å². The molecule has 4 rings (SSSR count). The minimum absolute atomic E-state index is 0.0532. The molecule has 0 radical (unpaired) electrons. The van der Waals surface area contributed by atoms with Crippen molar-refractivity contribution in [1.82, 2.24) is 14.7 Å². The fraction of sp³-hybridized carbons (Fsp3) is 0.909. The van der Waals surface area contributed by atoms with Gasteiger partial charge >= 0.3 is 0 Å². The summed E-state index contributed by atoms with van der Waals surface area (Å²) in [7, 11) is 0. The van der Waals surface area contributed by atoms with Crippen LogP contribution in [0.1, 0.15) is 51.4 Å². The van der Waals surface area contributed by atoms with E-state index in [9.17, 15) is 9.59 Å². The van der Waals surface area contributed by atoms with Gasteiger partial charge in [0.2, 0.25) is 11.8 Å². The van der Waals surface area contributed by atoms with Crippen LogP contribution < -0.4 is 0 Å². The Bertz CT molecular complexity index is 529. The van der Waals surface area contributed by atoms with E-state index in [0.29, 0.717) is 24.9 Å². The summed E-state index contributed by atoms with van der Waals surface area (Å²) in [6, 6.07) is 0. The number of rotatable bonds is 5. The van der Waals surface area contributed by atoms with Crippen LogP contribution >= 0.6 is 0 Å². The Hall–Kier alpha value is -1.14. The molecule has 0 unspecified atom stereocenters. The predicted molar refractivity (Wildman–Crippen MR) is 108 cm³/mol. The van der Waals surface area contributed by atoms with E-state index >= 15 is 0 Å². The number of nitrogens with zero attached hydrogens (tertiary/aromatic N) is 3. The van der Waals surface area contributed by atoms with Gasteiger partial charge in [-0.2, -0.15) is 0 Å². The maximum atomic E-state index is 12.8. The van der Waals surface area contributed by atoms with Gasteiger partial charge in [0.05, 0.1) is 19.1 Å². The summed E-state index contributed by atoms with van der Waals surface area (Å²) in [4.78, 5) is 31.9. The molecule has 0 aromatic heterocycles. The second kappa shape index (κ2) is 9.57. The lowest BCUT2D eigenvalue weighted by Crippen LogP contribution is -2.58. The van der Waals surface area contributed by atoms with E-state index in [0.717, 1.165) is 71.0 Å². The SMILES string of the molecule is O=C(C1CN(C(=O)C2CCCCC2)C1)N1CCC(CCN2CCOCC2)CC1. The van der Waals surface area contributed by atoms with Crippen molar-refractivity contribution in [2.24, 2.45) is 17.8 Å². The number of ether oxygens (including phenoxy) is 1. The van der Waals surface area contributed by atoms with Crippen LogP contribution in [0, 0.1) is 17.8 Å². The van der Waals surface area contributed by atoms with E-state index < -0.39 is 0 Å². The zero-order chi connectivity index (χ0) is 19.3. The third-order valence-electron chi connectivity index (χ3n) is 7.38. The van der Waals surface area contributed by atoms with Gasteiger partial charge in [-0.25, -0.2) is 0 Å². The summed E-state index contributed by atoms with van der Waals surface area (Å²) < 4.78 is 5.42. The van der Waals surface area contributed by atoms with E-state index in [1.807, 2.05) is 4.90 Å². The molecule has 0 aromatic carbocycles. The molecule has 3 aliphatic heterocycles. The molecular weight excluding hydrogens is 354 g/mol. The van der Waals surface area contributed by atoms with Gasteiger partial charge in [0.25, 0.3) is 0 Å². The van der Waals surface area contributed by atoms with Gasteiger partial charge < -0.3 is 14.5 Å². The summed E-state index contributed by atoms with van der Waals surface area (Å²) in [5.74, 6) is 1.63. The number of hydrogen-bond donors (Lipinski definition) is 0. The minimum atomic E-state index is 0.0532. The fourth-order valence-electron chi connectivity index (χ4n) is 5.31. The summed E-state index contributed by atoms with van der Waals surface area (Å²) in [5, 5.41) is 0. The van der Waals surface area contributed by atoms with Crippen molar-refractivity contribution in [3.63, 3.8) is 0 Å². The molecule has 0 atom stereocenters. The first-order valence-corrected chi connectivity index (χ1v) is 11.6. The third-order valence-corrected chi connectivity index (χ3v) is 7.38. The van der Waals surface area contributed by atoms with Crippen LogP contribution in [0.4, 0.5) is 0 Å². The molecule has 6 heteroatoms. The van der Waals surface area contributed by atoms with Crippen LogP contribution in [0.5, 0.6) is 0 Å². The highest BCUT2D eigenvalue weighted by atomic mass is 16.5. The second-order valence-electron chi connectivity index (χ2n) is 9.29. The van der Waals surface area contributed by atoms with Gasteiger partial charge in [0, 0.05) is 45.2 Å². The van der Waals surface area contributed by atoms with Crippen LogP contribution in [-0.2, 0) is 14.3 Å². The van der Waals surface area contributed by atoms with E-state index in [-0.39, 0.29) is 11.8 Å². The maximum Gasteiger partial charge on any atom is 0.229 e. The van der Waals surface area contributed by atoms with Crippen molar-refractivity contribution in [3.05, 3.63) is 0 Å². The first-order chi connectivity index (χ1) is 13.7. The standard InChI is InChI=1S/C22H37N3O3/c26-21(19-4-2-1-3-5-19)25-16-20(17-25)22(27)24-10-7-18(8-11-24)6-9-23-12-14-28-15-13-23/h18-20H,1-17H2. The molecule has 28 heavy (non-hydrogen) atoms. The minimum Gasteiger partial charge on any atom is -0.379 e. The van der Waals surface area contributed by atoms with Crippen molar-refractivity contribution in [1.29, 1.82) is 0 Å². The van der Waals surface area contributed by atoms with E-state index in [2.05, 4.69) is 9.80 Å². The molecule has 0 aromatic rings. The van der Waals surface area contributed by atoms with Gasteiger partial charge in [-0.3, -0.25) is 14.5 Å². The molecule has 3 saturated heterocycles. The smallest absolute Gasteiger partial charge is 0.229 e. The van der Waals surface area contributed by atoms with Crippen molar-refractivity contribution in [2.45, 2.75) is 51.4 Å². The van der Waals surface area contributed by atoms with E-state index in [4.69, 9.17) is 4.74 Å². The molecule has 4 aliphatic rings. The average Bonchev–Trinajstić information content (AvgIpc) is 2.73. The lowest BCUT2D eigenvalue weighted by atomic mass is 9.86. The zero-order valence-corrected chi connectivity index (χ0v) is 17.3. The number of morpholine rings is 1. The fourth-order valence-corrected chi connectivity index (χ4v) is 5.31. The monoisotopic (exact) mass is 391 g/mol. The van der Waals surface area contributed by atoms with Crippen LogP contribution in [0.15, 0.2) is 0 Å². The van der Waals surface area contributed by atoms with Crippen LogP contribution in [-0.4, -0.2) is 85.5 Å². The van der Waals surface area contributed by atoms with Crippen LogP contribution in [0.25, 0.3) is 0 Å². The highest BCUT2D eigenvalue weighted by Gasteiger charge is 2.40. The number of carbonyl (C=O) groups excluding carboxylic acids is 2. The molecule has 0 bridgehead atoms. The Labute approximate surface area is 169 Å². The van der Waals surface area contributed by atoms with Crippen LogP contribution in [0.3, 0.4) is 0 Å². The van der Waals surface area contributed by atoms with Crippen molar-refractivity contribution in [3.8, 4) is 0 Å². The summed E-state index contributed by atoms with van der Waals surface area (Å²) in [6.07, 6.45) is 9.25. The molecule has 1 aliphatic carbocycles. The number of piperidine rings is 1. The highest BCUT2D eigenvalue weighted by molar-refractivity contribution is 5.85. The Morgan fingerprint density at radius 1 is 0.750 bits per heavy atom. The van der Waals surface area contributed by atoms with Gasteiger partial charge in [0.15, 0.2) is 0 Å². The Morgan fingerprint density at radius 2 is 1.39 bits per heavy atom. The summed E-state index contributed by atoms with van der Waals surface area (Å²) >= 11 is 0. The van der Waals surface area contributed by atoms with Crippen molar-refractivity contribution < 1.29 is 14.3 Å². The van der Waals surface area contributed by atoms with E-state index in [1.165, 1.54) is 32.2 Å². The number of likely N-dealkylation sites (tertiary alicyclic amines) is 2. The Kier molecular flexibility index (Phi) is 6.89. The quantitative estimate of drug-likeness (QED) is 0.719. The summed E-state index contributed by atoms with van der Waals surface area (Å²) in [5.41, 5.74) is 0. The Balaban J connectivity index is 1.13. The first kappa shape index (κ1) is 20.1. The largest absolute Gasteiger partial charge is 0.379 e. The molecule has 0 N–H and O–H groups in total. The molecule has 4 fully saturated rings. The Morgan fingerprint density at radius 3 is 2.07 bits per heavy atom.